The summed E-state index contributed by atoms with van der Waals surface area (Å²) in [6.45, 7) is 2.98. The quantitative estimate of drug-likeness (QED) is 0.679. The van der Waals surface area contributed by atoms with E-state index >= 15 is 0 Å². The van der Waals surface area contributed by atoms with E-state index in [4.69, 9.17) is 5.63 Å². The van der Waals surface area contributed by atoms with Crippen LogP contribution in [0.15, 0.2) is 0 Å². The van der Waals surface area contributed by atoms with Gasteiger partial charge in [0.1, 0.15) is 0 Å². The van der Waals surface area contributed by atoms with Gasteiger partial charge in [-0.2, -0.15) is 0 Å². The summed E-state index contributed by atoms with van der Waals surface area (Å²) >= 11 is -1.68. The van der Waals surface area contributed by atoms with Crippen LogP contribution in [-0.2, 0) is 28.3 Å². The van der Waals surface area contributed by atoms with Gasteiger partial charge in [0.2, 0.25) is 0 Å². The molecule has 0 heterocycles. The molecule has 0 aromatic carbocycles. The van der Waals surface area contributed by atoms with Crippen LogP contribution in [0.25, 0.3) is 0 Å². The molecule has 0 spiro atoms. The Hall–Kier alpha value is 0.803. The molecule has 0 aromatic heterocycles. The van der Waals surface area contributed by atoms with Crippen molar-refractivity contribution in [3.05, 3.63) is 0 Å². The van der Waals surface area contributed by atoms with E-state index in [1.165, 1.54) is 0 Å². The van der Waals surface area contributed by atoms with Crippen LogP contribution in [-0.4, -0.2) is 13.7 Å². The Labute approximate surface area is 60.1 Å². The molecule has 0 aliphatic carbocycles. The Morgan fingerprint density at radius 2 is 2.12 bits per heavy atom. The van der Waals surface area contributed by atoms with Crippen molar-refractivity contribution in [2.45, 2.75) is 18.0 Å². The van der Waals surface area contributed by atoms with Crippen LogP contribution in [0.1, 0.15) is 13.3 Å². The molecule has 0 fully saturated rings. The van der Waals surface area contributed by atoms with Crippen molar-refractivity contribution in [2.75, 3.05) is 13.7 Å². The van der Waals surface area contributed by atoms with E-state index in [2.05, 4.69) is 11.6 Å². The molecule has 3 heteroatoms. The Bertz CT molecular complexity index is 49.7. The van der Waals surface area contributed by atoms with Crippen molar-refractivity contribution in [1.82, 2.24) is 0 Å². The van der Waals surface area contributed by atoms with Gasteiger partial charge in [-0.15, -0.1) is 0 Å². The van der Waals surface area contributed by atoms with Crippen LogP contribution in [0.2, 0.25) is 4.63 Å². The molecular formula is C5H13O2Zr. The van der Waals surface area contributed by atoms with Crippen LogP contribution in [0, 0.1) is 0 Å². The van der Waals surface area contributed by atoms with E-state index in [0.717, 1.165) is 13.0 Å². The van der Waals surface area contributed by atoms with Crippen molar-refractivity contribution in [1.29, 1.82) is 0 Å². The summed E-state index contributed by atoms with van der Waals surface area (Å²) in [7, 11) is 1.73. The Balaban J connectivity index is 2.86. The van der Waals surface area contributed by atoms with Crippen LogP contribution >= 0.6 is 0 Å². The zero-order valence-corrected chi connectivity index (χ0v) is 8.19. The van der Waals surface area contributed by atoms with Gasteiger partial charge in [-0.05, 0) is 0 Å². The third-order valence-electron chi connectivity index (χ3n) is 0.797. The molecule has 0 aromatic rings. The zero-order chi connectivity index (χ0) is 6.41. The SMILES string of the molecule is CCC[O][Zr]([CH3])[O]C. The van der Waals surface area contributed by atoms with Crippen molar-refractivity contribution >= 4 is 0 Å². The summed E-state index contributed by atoms with van der Waals surface area (Å²) in [5.41, 5.74) is 0. The Kier molecular flexibility index (Phi) is 6.53. The summed E-state index contributed by atoms with van der Waals surface area (Å²) in [6.07, 6.45) is 1.10. The maximum absolute atomic E-state index is 5.31. The summed E-state index contributed by atoms with van der Waals surface area (Å²) < 4.78 is 12.4. The second-order valence-corrected chi connectivity index (χ2v) is 5.67. The standard InChI is InChI=1S/C3H7O.CH3O.CH3.Zr/c1-2-3-4;1-2;;/h2-3H2,1H3;1H3;1H3;/q2*-1;;+2. The van der Waals surface area contributed by atoms with Gasteiger partial charge in [-0.25, -0.2) is 0 Å². The molecule has 0 atom stereocenters. The zero-order valence-electron chi connectivity index (χ0n) is 5.73. The summed E-state index contributed by atoms with van der Waals surface area (Å²) in [5, 5.41) is 0. The molecule has 0 rings (SSSR count). The van der Waals surface area contributed by atoms with Gasteiger partial charge in [0.05, 0.1) is 0 Å². The third kappa shape index (κ3) is 4.95. The molecule has 0 radical (unpaired) electrons. The van der Waals surface area contributed by atoms with Gasteiger partial charge < -0.3 is 0 Å². The second kappa shape index (κ2) is 5.93. The van der Waals surface area contributed by atoms with E-state index in [1.807, 2.05) is 0 Å². The van der Waals surface area contributed by atoms with Gasteiger partial charge >= 0.3 is 60.0 Å². The van der Waals surface area contributed by atoms with E-state index < -0.39 is 22.6 Å². The second-order valence-electron chi connectivity index (χ2n) is 1.54. The summed E-state index contributed by atoms with van der Waals surface area (Å²) in [5.74, 6) is 0. The van der Waals surface area contributed by atoms with E-state index in [9.17, 15) is 0 Å². The predicted octanol–water partition coefficient (Wildman–Crippen LogP) is 1.56. The van der Waals surface area contributed by atoms with Gasteiger partial charge in [-0.1, -0.05) is 0 Å². The summed E-state index contributed by atoms with van der Waals surface area (Å²) in [4.78, 5) is 0. The van der Waals surface area contributed by atoms with Crippen molar-refractivity contribution in [3.8, 4) is 0 Å². The van der Waals surface area contributed by atoms with E-state index in [0.29, 0.717) is 0 Å². The van der Waals surface area contributed by atoms with Gasteiger partial charge in [0, 0.05) is 0 Å². The van der Waals surface area contributed by atoms with Crippen LogP contribution in [0.5, 0.6) is 0 Å². The monoisotopic (exact) mass is 195 g/mol. The van der Waals surface area contributed by atoms with Crippen LogP contribution in [0.3, 0.4) is 0 Å². The molecule has 8 heavy (non-hydrogen) atoms. The van der Waals surface area contributed by atoms with Crippen LogP contribution in [0.4, 0.5) is 0 Å². The first-order valence-electron chi connectivity index (χ1n) is 2.81. The fourth-order valence-corrected chi connectivity index (χ4v) is 1.80. The number of hydrogen-bond donors (Lipinski definition) is 0. The molecule has 0 N–H and O–H groups in total. The third-order valence-corrected chi connectivity index (χ3v) is 3.71. The average molecular weight is 196 g/mol. The van der Waals surface area contributed by atoms with Gasteiger partial charge in [0.25, 0.3) is 0 Å². The normalized spacial score (nSPS) is 9.38. The van der Waals surface area contributed by atoms with Crippen molar-refractivity contribution < 1.29 is 28.3 Å². The number of rotatable bonds is 4. The predicted molar refractivity (Wildman–Crippen MR) is 29.1 cm³/mol. The fraction of sp³-hybridized carbons (Fsp3) is 1.00. The number of hydrogen-bond acceptors (Lipinski definition) is 2. The van der Waals surface area contributed by atoms with Crippen LogP contribution < -0.4 is 0 Å². The maximum atomic E-state index is 5.31. The first-order chi connectivity index (χ1) is 3.81. The molecule has 2 nitrogen and oxygen atoms in total. The van der Waals surface area contributed by atoms with Gasteiger partial charge in [-0.3, -0.25) is 0 Å². The molecule has 0 saturated carbocycles. The molecule has 0 saturated heterocycles. The Morgan fingerprint density at radius 3 is 2.50 bits per heavy atom. The molecule has 49 valence electrons. The molecule has 0 aliphatic heterocycles. The Morgan fingerprint density at radius 1 is 1.50 bits per heavy atom. The van der Waals surface area contributed by atoms with Crippen molar-refractivity contribution in [3.63, 3.8) is 0 Å². The first kappa shape index (κ1) is 8.80. The molecular weight excluding hydrogens is 183 g/mol. The minimum atomic E-state index is -1.68. The first-order valence-corrected chi connectivity index (χ1v) is 7.28. The van der Waals surface area contributed by atoms with E-state index in [-0.39, 0.29) is 0 Å². The average Bonchev–Trinajstić information content (AvgIpc) is 1.83. The van der Waals surface area contributed by atoms with E-state index in [1.54, 1.807) is 7.11 Å². The molecule has 0 bridgehead atoms. The van der Waals surface area contributed by atoms with Crippen molar-refractivity contribution in [2.24, 2.45) is 0 Å². The minimum absolute atomic E-state index is 0.874. The topological polar surface area (TPSA) is 18.5 Å². The fourth-order valence-electron chi connectivity index (χ4n) is 0.305. The molecule has 0 unspecified atom stereocenters. The van der Waals surface area contributed by atoms with Gasteiger partial charge in [0.15, 0.2) is 0 Å². The summed E-state index contributed by atoms with van der Waals surface area (Å²) in [6, 6.07) is 0. The molecule has 0 amide bonds. The molecule has 0 aliphatic rings.